The van der Waals surface area contributed by atoms with Gasteiger partial charge in [-0.25, -0.2) is 4.79 Å². The van der Waals surface area contributed by atoms with Gasteiger partial charge >= 0.3 is 12.2 Å². The summed E-state index contributed by atoms with van der Waals surface area (Å²) >= 11 is 3.16. The van der Waals surface area contributed by atoms with Crippen LogP contribution in [0.3, 0.4) is 0 Å². The smallest absolute Gasteiger partial charge is 0.329 e. The highest BCUT2D eigenvalue weighted by Crippen LogP contribution is 2.12. The first-order chi connectivity index (χ1) is 6.37. The summed E-state index contributed by atoms with van der Waals surface area (Å²) in [5.74, 6) is 0. The Bertz CT molecular complexity index is 186. The maximum atomic E-state index is 11.7. The van der Waals surface area contributed by atoms with Crippen molar-refractivity contribution in [3.8, 4) is 0 Å². The van der Waals surface area contributed by atoms with Gasteiger partial charge in [0.1, 0.15) is 6.54 Å². The van der Waals surface area contributed by atoms with E-state index in [0.29, 0.717) is 18.3 Å². The van der Waals surface area contributed by atoms with Crippen LogP contribution in [0.4, 0.5) is 18.0 Å². The first-order valence-corrected chi connectivity index (χ1v) is 5.10. The number of hydrogen-bond donors (Lipinski definition) is 1. The van der Waals surface area contributed by atoms with Gasteiger partial charge in [-0.15, -0.1) is 0 Å². The van der Waals surface area contributed by atoms with Gasteiger partial charge in [0.15, 0.2) is 0 Å². The molecule has 0 unspecified atom stereocenters. The van der Waals surface area contributed by atoms with Crippen molar-refractivity contribution in [2.45, 2.75) is 12.6 Å². The maximum Gasteiger partial charge on any atom is 0.405 e. The topological polar surface area (TPSA) is 32.3 Å². The molecule has 0 aliphatic rings. The van der Waals surface area contributed by atoms with Crippen molar-refractivity contribution in [2.24, 2.45) is 0 Å². The fourth-order valence-corrected chi connectivity index (χ4v) is 0.960. The lowest BCUT2D eigenvalue weighted by atomic mass is 10.4. The zero-order chi connectivity index (χ0) is 11.2. The second-order valence-corrected chi connectivity index (χ2v) is 3.53. The number of amides is 2. The van der Waals surface area contributed by atoms with Crippen molar-refractivity contribution in [3.63, 3.8) is 0 Å². The van der Waals surface area contributed by atoms with Gasteiger partial charge in [0.25, 0.3) is 0 Å². The van der Waals surface area contributed by atoms with E-state index in [1.54, 1.807) is 5.32 Å². The van der Waals surface area contributed by atoms with E-state index < -0.39 is 18.8 Å². The quantitative estimate of drug-likeness (QED) is 0.783. The van der Waals surface area contributed by atoms with E-state index in [-0.39, 0.29) is 0 Å². The minimum atomic E-state index is -4.36. The lowest BCUT2D eigenvalue weighted by Crippen LogP contribution is -2.42. The highest BCUT2D eigenvalue weighted by molar-refractivity contribution is 9.09. The van der Waals surface area contributed by atoms with Crippen molar-refractivity contribution >= 4 is 22.0 Å². The van der Waals surface area contributed by atoms with Gasteiger partial charge in [0, 0.05) is 18.9 Å². The third kappa shape index (κ3) is 6.99. The van der Waals surface area contributed by atoms with Gasteiger partial charge in [0.2, 0.25) is 0 Å². The number of urea groups is 1. The predicted molar refractivity (Wildman–Crippen MR) is 50.5 cm³/mol. The van der Waals surface area contributed by atoms with Crippen LogP contribution in [0.15, 0.2) is 0 Å². The molecular weight excluding hydrogens is 265 g/mol. The summed E-state index contributed by atoms with van der Waals surface area (Å²) in [4.78, 5) is 12.2. The summed E-state index contributed by atoms with van der Waals surface area (Å²) in [6.07, 6.45) is -3.65. The summed E-state index contributed by atoms with van der Waals surface area (Å²) in [6.45, 7) is -0.862. The molecule has 0 spiro atoms. The van der Waals surface area contributed by atoms with Crippen LogP contribution in [-0.2, 0) is 0 Å². The van der Waals surface area contributed by atoms with Gasteiger partial charge in [-0.05, 0) is 6.42 Å². The predicted octanol–water partition coefficient (Wildman–Crippen LogP) is 1.98. The summed E-state index contributed by atoms with van der Waals surface area (Å²) in [5.41, 5.74) is 0. The van der Waals surface area contributed by atoms with Gasteiger partial charge < -0.3 is 10.2 Å². The number of nitrogens with zero attached hydrogens (tertiary/aromatic N) is 1. The Morgan fingerprint density at radius 1 is 1.50 bits per heavy atom. The Balaban J connectivity index is 3.73. The molecule has 84 valence electrons. The third-order valence-electron chi connectivity index (χ3n) is 1.41. The Kier molecular flexibility index (Phi) is 5.90. The molecule has 0 aromatic carbocycles. The molecule has 0 aromatic rings. The summed E-state index contributed by atoms with van der Waals surface area (Å²) in [6, 6.07) is -0.705. The van der Waals surface area contributed by atoms with E-state index in [4.69, 9.17) is 0 Å². The SMILES string of the molecule is CN(CCCBr)C(=O)NCC(F)(F)F. The monoisotopic (exact) mass is 276 g/mol. The van der Waals surface area contributed by atoms with Crippen molar-refractivity contribution in [1.29, 1.82) is 0 Å². The fourth-order valence-electron chi connectivity index (χ4n) is 0.709. The molecular formula is C7H12BrF3N2O. The third-order valence-corrected chi connectivity index (χ3v) is 1.97. The van der Waals surface area contributed by atoms with Gasteiger partial charge in [-0.1, -0.05) is 15.9 Å². The van der Waals surface area contributed by atoms with Gasteiger partial charge in [-0.3, -0.25) is 0 Å². The van der Waals surface area contributed by atoms with Gasteiger partial charge in [0.05, 0.1) is 0 Å². The average molecular weight is 277 g/mol. The first kappa shape index (κ1) is 13.5. The molecule has 0 saturated heterocycles. The molecule has 1 N–H and O–H groups in total. The van der Waals surface area contributed by atoms with Crippen LogP contribution < -0.4 is 5.32 Å². The van der Waals surface area contributed by atoms with Crippen LogP contribution in [-0.4, -0.2) is 42.6 Å². The number of nitrogens with one attached hydrogen (secondary N) is 1. The molecule has 0 fully saturated rings. The van der Waals surface area contributed by atoms with Crippen LogP contribution in [0.25, 0.3) is 0 Å². The molecule has 2 amide bonds. The number of halogens is 4. The average Bonchev–Trinajstić information content (AvgIpc) is 2.09. The standard InChI is InChI=1S/C7H12BrF3N2O/c1-13(4-2-3-8)6(14)12-5-7(9,10)11/h2-5H2,1H3,(H,12,14). The minimum absolute atomic E-state index is 0.426. The molecule has 0 bridgehead atoms. The molecule has 14 heavy (non-hydrogen) atoms. The molecule has 3 nitrogen and oxygen atoms in total. The number of rotatable bonds is 4. The molecule has 0 aromatic heterocycles. The molecule has 0 saturated carbocycles. The van der Waals surface area contributed by atoms with E-state index in [0.717, 1.165) is 0 Å². The molecule has 7 heteroatoms. The van der Waals surface area contributed by atoms with E-state index in [1.165, 1.54) is 11.9 Å². The number of alkyl halides is 4. The van der Waals surface area contributed by atoms with Gasteiger partial charge in [-0.2, -0.15) is 13.2 Å². The Hall–Kier alpha value is -0.460. The molecule has 0 aliphatic carbocycles. The van der Waals surface area contributed by atoms with Crippen molar-refractivity contribution in [1.82, 2.24) is 10.2 Å². The number of carbonyl (C=O) groups is 1. The van der Waals surface area contributed by atoms with Crippen LogP contribution >= 0.6 is 15.9 Å². The minimum Gasteiger partial charge on any atom is -0.329 e. The molecule has 0 radical (unpaired) electrons. The second kappa shape index (κ2) is 6.10. The van der Waals surface area contributed by atoms with E-state index in [9.17, 15) is 18.0 Å². The summed E-state index contributed by atoms with van der Waals surface area (Å²) in [5, 5.41) is 2.49. The Morgan fingerprint density at radius 3 is 2.50 bits per heavy atom. The number of hydrogen-bond acceptors (Lipinski definition) is 1. The second-order valence-electron chi connectivity index (χ2n) is 2.74. The zero-order valence-electron chi connectivity index (χ0n) is 7.70. The highest BCUT2D eigenvalue weighted by Gasteiger charge is 2.28. The van der Waals surface area contributed by atoms with E-state index >= 15 is 0 Å². The van der Waals surface area contributed by atoms with E-state index in [1.807, 2.05) is 0 Å². The van der Waals surface area contributed by atoms with Crippen LogP contribution in [0, 0.1) is 0 Å². The number of carbonyl (C=O) groups excluding carboxylic acids is 1. The lowest BCUT2D eigenvalue weighted by molar-refractivity contribution is -0.123. The summed E-state index contributed by atoms with van der Waals surface area (Å²) in [7, 11) is 1.45. The molecule has 0 heterocycles. The van der Waals surface area contributed by atoms with Crippen molar-refractivity contribution in [2.75, 3.05) is 25.5 Å². The fraction of sp³-hybridized carbons (Fsp3) is 0.857. The van der Waals surface area contributed by atoms with E-state index in [2.05, 4.69) is 15.9 Å². The first-order valence-electron chi connectivity index (χ1n) is 3.98. The molecule has 0 aliphatic heterocycles. The normalized spacial score (nSPS) is 11.2. The van der Waals surface area contributed by atoms with Crippen LogP contribution in [0.1, 0.15) is 6.42 Å². The lowest BCUT2D eigenvalue weighted by Gasteiger charge is -2.17. The Morgan fingerprint density at radius 2 is 2.07 bits per heavy atom. The van der Waals surface area contributed by atoms with Crippen LogP contribution in [0.2, 0.25) is 0 Å². The molecule has 0 rings (SSSR count). The Labute approximate surface area is 88.8 Å². The zero-order valence-corrected chi connectivity index (χ0v) is 9.28. The maximum absolute atomic E-state index is 11.7. The van der Waals surface area contributed by atoms with Crippen LogP contribution in [0.5, 0.6) is 0 Å². The van der Waals surface area contributed by atoms with Crippen molar-refractivity contribution in [3.05, 3.63) is 0 Å². The largest absolute Gasteiger partial charge is 0.405 e. The summed E-state index contributed by atoms with van der Waals surface area (Å²) < 4.78 is 35.1. The highest BCUT2D eigenvalue weighted by atomic mass is 79.9. The van der Waals surface area contributed by atoms with Crippen molar-refractivity contribution < 1.29 is 18.0 Å². The molecule has 0 atom stereocenters.